The molecule has 17 heavy (non-hydrogen) atoms. The molecule has 2 aliphatic rings. The fraction of sp³-hybridized carbons (Fsp3) is 0.600. The Labute approximate surface area is 109 Å². The minimum absolute atomic E-state index is 0.529. The van der Waals surface area contributed by atoms with Crippen molar-refractivity contribution in [2.24, 2.45) is 11.3 Å². The lowest BCUT2D eigenvalue weighted by Crippen LogP contribution is -2.58. The van der Waals surface area contributed by atoms with Crippen LogP contribution >= 0.6 is 11.6 Å². The van der Waals surface area contributed by atoms with E-state index in [1.807, 2.05) is 6.07 Å². The van der Waals surface area contributed by atoms with Gasteiger partial charge >= 0.3 is 0 Å². The highest BCUT2D eigenvalue weighted by atomic mass is 35.5. The van der Waals surface area contributed by atoms with E-state index in [2.05, 4.69) is 23.5 Å². The van der Waals surface area contributed by atoms with E-state index in [9.17, 15) is 0 Å². The van der Waals surface area contributed by atoms with Crippen LogP contribution in [0.5, 0.6) is 0 Å². The molecule has 1 aromatic rings. The number of hydrogen-bond donors (Lipinski definition) is 1. The average molecular weight is 250 g/mol. The highest BCUT2D eigenvalue weighted by Gasteiger charge is 2.44. The van der Waals surface area contributed by atoms with Gasteiger partial charge in [-0.1, -0.05) is 36.6 Å². The van der Waals surface area contributed by atoms with Crippen molar-refractivity contribution >= 4 is 11.6 Å². The van der Waals surface area contributed by atoms with Crippen LogP contribution in [0, 0.1) is 11.3 Å². The van der Waals surface area contributed by atoms with Gasteiger partial charge in [0.15, 0.2) is 0 Å². The van der Waals surface area contributed by atoms with Crippen molar-refractivity contribution in [2.75, 3.05) is 13.1 Å². The van der Waals surface area contributed by atoms with E-state index in [4.69, 9.17) is 11.6 Å². The van der Waals surface area contributed by atoms with Gasteiger partial charge in [0.05, 0.1) is 0 Å². The standard InChI is InChI=1S/C15H20ClN/c16-14-7-3-4-12(8-14)9-15(10-17-11-15)13-5-1-2-6-13/h3-4,7-8,13,17H,1-2,5-6,9-11H2. The summed E-state index contributed by atoms with van der Waals surface area (Å²) in [6, 6.07) is 8.40. The van der Waals surface area contributed by atoms with Crippen molar-refractivity contribution in [2.45, 2.75) is 32.1 Å². The zero-order valence-corrected chi connectivity index (χ0v) is 11.0. The minimum Gasteiger partial charge on any atom is -0.315 e. The first-order chi connectivity index (χ1) is 8.28. The molecule has 1 nitrogen and oxygen atoms in total. The molecule has 1 aromatic carbocycles. The van der Waals surface area contributed by atoms with E-state index in [0.717, 1.165) is 10.9 Å². The van der Waals surface area contributed by atoms with Gasteiger partial charge < -0.3 is 5.32 Å². The summed E-state index contributed by atoms with van der Waals surface area (Å²) in [7, 11) is 0. The third-order valence-corrected chi connectivity index (χ3v) is 4.86. The van der Waals surface area contributed by atoms with Gasteiger partial charge in [-0.05, 0) is 42.9 Å². The van der Waals surface area contributed by atoms with Crippen LogP contribution in [0.4, 0.5) is 0 Å². The summed E-state index contributed by atoms with van der Waals surface area (Å²) in [5.74, 6) is 0.933. The van der Waals surface area contributed by atoms with Gasteiger partial charge in [-0.3, -0.25) is 0 Å². The zero-order valence-electron chi connectivity index (χ0n) is 10.2. The monoisotopic (exact) mass is 249 g/mol. The van der Waals surface area contributed by atoms with Gasteiger partial charge in [-0.25, -0.2) is 0 Å². The normalized spacial score (nSPS) is 23.6. The predicted octanol–water partition coefficient (Wildman–Crippen LogP) is 3.66. The van der Waals surface area contributed by atoms with Gasteiger partial charge in [0.1, 0.15) is 0 Å². The lowest BCUT2D eigenvalue weighted by Gasteiger charge is -2.48. The molecule has 1 saturated carbocycles. The van der Waals surface area contributed by atoms with Crippen LogP contribution in [0.3, 0.4) is 0 Å². The molecule has 0 spiro atoms. The molecule has 0 radical (unpaired) electrons. The van der Waals surface area contributed by atoms with Crippen molar-refractivity contribution < 1.29 is 0 Å². The van der Waals surface area contributed by atoms with E-state index in [-0.39, 0.29) is 0 Å². The van der Waals surface area contributed by atoms with Crippen LogP contribution in [0.2, 0.25) is 5.02 Å². The molecule has 0 unspecified atom stereocenters. The SMILES string of the molecule is Clc1cccc(CC2(C3CCCC3)CNC2)c1. The maximum atomic E-state index is 6.08. The summed E-state index contributed by atoms with van der Waals surface area (Å²) in [5, 5.41) is 4.35. The van der Waals surface area contributed by atoms with E-state index >= 15 is 0 Å². The summed E-state index contributed by atoms with van der Waals surface area (Å²) in [6.07, 6.45) is 6.93. The number of nitrogens with one attached hydrogen (secondary N) is 1. The lowest BCUT2D eigenvalue weighted by atomic mass is 9.66. The Morgan fingerprint density at radius 2 is 2.00 bits per heavy atom. The molecular formula is C15H20ClN. The minimum atomic E-state index is 0.529. The van der Waals surface area contributed by atoms with E-state index in [1.54, 1.807) is 0 Å². The van der Waals surface area contributed by atoms with Gasteiger partial charge in [0.25, 0.3) is 0 Å². The summed E-state index contributed by atoms with van der Waals surface area (Å²) >= 11 is 6.08. The molecule has 1 aliphatic heterocycles. The summed E-state index contributed by atoms with van der Waals surface area (Å²) < 4.78 is 0. The van der Waals surface area contributed by atoms with Crippen LogP contribution < -0.4 is 5.32 Å². The molecular weight excluding hydrogens is 230 g/mol. The van der Waals surface area contributed by atoms with Crippen LogP contribution in [-0.2, 0) is 6.42 Å². The largest absolute Gasteiger partial charge is 0.315 e. The van der Waals surface area contributed by atoms with Crippen molar-refractivity contribution in [3.8, 4) is 0 Å². The van der Waals surface area contributed by atoms with Crippen LogP contribution in [0.1, 0.15) is 31.2 Å². The average Bonchev–Trinajstić information content (AvgIpc) is 2.77. The molecule has 0 atom stereocenters. The maximum Gasteiger partial charge on any atom is 0.0408 e. The molecule has 0 aromatic heterocycles. The first-order valence-corrected chi connectivity index (χ1v) is 7.11. The molecule has 3 rings (SSSR count). The summed E-state index contributed by atoms with van der Waals surface area (Å²) in [4.78, 5) is 0. The first-order valence-electron chi connectivity index (χ1n) is 6.74. The smallest absolute Gasteiger partial charge is 0.0408 e. The molecule has 0 amide bonds. The number of halogens is 1. The number of hydrogen-bond acceptors (Lipinski definition) is 1. The number of benzene rings is 1. The highest BCUT2D eigenvalue weighted by Crippen LogP contribution is 2.44. The first kappa shape index (κ1) is 11.6. The van der Waals surface area contributed by atoms with Crippen LogP contribution in [0.25, 0.3) is 0 Å². The second-order valence-electron chi connectivity index (χ2n) is 5.75. The zero-order chi connectivity index (χ0) is 11.7. The molecule has 1 heterocycles. The Bertz CT molecular complexity index is 392. The Morgan fingerprint density at radius 1 is 1.24 bits per heavy atom. The Kier molecular flexibility index (Phi) is 3.14. The number of rotatable bonds is 3. The van der Waals surface area contributed by atoms with Crippen molar-refractivity contribution in [3.63, 3.8) is 0 Å². The molecule has 92 valence electrons. The topological polar surface area (TPSA) is 12.0 Å². The Hall–Kier alpha value is -0.530. The fourth-order valence-corrected chi connectivity index (χ4v) is 3.81. The molecule has 1 N–H and O–H groups in total. The van der Waals surface area contributed by atoms with Crippen molar-refractivity contribution in [1.82, 2.24) is 5.32 Å². The molecule has 1 aliphatic carbocycles. The summed E-state index contributed by atoms with van der Waals surface area (Å²) in [6.45, 7) is 2.40. The maximum absolute atomic E-state index is 6.08. The molecule has 0 bridgehead atoms. The highest BCUT2D eigenvalue weighted by molar-refractivity contribution is 6.30. The van der Waals surface area contributed by atoms with Gasteiger partial charge in [-0.15, -0.1) is 0 Å². The van der Waals surface area contributed by atoms with E-state index in [1.165, 1.54) is 50.8 Å². The third kappa shape index (κ3) is 2.23. The second-order valence-corrected chi connectivity index (χ2v) is 6.19. The molecule has 1 saturated heterocycles. The van der Waals surface area contributed by atoms with E-state index in [0.29, 0.717) is 5.41 Å². The summed E-state index contributed by atoms with van der Waals surface area (Å²) in [5.41, 5.74) is 1.94. The predicted molar refractivity (Wildman–Crippen MR) is 72.4 cm³/mol. The van der Waals surface area contributed by atoms with Crippen LogP contribution in [-0.4, -0.2) is 13.1 Å². The quantitative estimate of drug-likeness (QED) is 0.862. The Balaban J connectivity index is 1.77. The van der Waals surface area contributed by atoms with Crippen LogP contribution in [0.15, 0.2) is 24.3 Å². The fourth-order valence-electron chi connectivity index (χ4n) is 3.60. The second kappa shape index (κ2) is 4.62. The Morgan fingerprint density at radius 3 is 2.59 bits per heavy atom. The van der Waals surface area contributed by atoms with Crippen molar-refractivity contribution in [3.05, 3.63) is 34.9 Å². The van der Waals surface area contributed by atoms with Crippen molar-refractivity contribution in [1.29, 1.82) is 0 Å². The molecule has 2 heteroatoms. The van der Waals surface area contributed by atoms with Gasteiger partial charge in [-0.2, -0.15) is 0 Å². The van der Waals surface area contributed by atoms with Gasteiger partial charge in [0, 0.05) is 23.5 Å². The van der Waals surface area contributed by atoms with Gasteiger partial charge in [0.2, 0.25) is 0 Å². The lowest BCUT2D eigenvalue weighted by molar-refractivity contribution is 0.0812. The molecule has 2 fully saturated rings. The third-order valence-electron chi connectivity index (χ3n) is 4.62. The van der Waals surface area contributed by atoms with E-state index < -0.39 is 0 Å².